The third kappa shape index (κ3) is 4.44. The van der Waals surface area contributed by atoms with E-state index >= 15 is 0 Å². The van der Waals surface area contributed by atoms with E-state index in [1.807, 2.05) is 13.8 Å². The van der Waals surface area contributed by atoms with E-state index in [1.54, 1.807) is 13.8 Å². The molecule has 3 atom stereocenters. The molecule has 0 radical (unpaired) electrons. The quantitative estimate of drug-likeness (QED) is 0.285. The molecule has 10 nitrogen and oxygen atoms in total. The van der Waals surface area contributed by atoms with Gasteiger partial charge < -0.3 is 40.1 Å². The fourth-order valence-electron chi connectivity index (χ4n) is 5.23. The number of Topliss-reactive ketones (excluding diaryl/α,β-unsaturated/α-hetero) is 2. The Kier molecular flexibility index (Phi) is 6.76. The van der Waals surface area contributed by atoms with Crippen molar-refractivity contribution >= 4 is 11.6 Å². The van der Waals surface area contributed by atoms with Crippen LogP contribution in [-0.2, 0) is 11.2 Å². The van der Waals surface area contributed by atoms with E-state index < -0.39 is 64.5 Å². The van der Waals surface area contributed by atoms with Crippen LogP contribution < -0.4 is 4.74 Å². The molecule has 2 heterocycles. The summed E-state index contributed by atoms with van der Waals surface area (Å²) in [7, 11) is 0. The highest BCUT2D eigenvalue weighted by atomic mass is 16.7. The first kappa shape index (κ1) is 26.6. The van der Waals surface area contributed by atoms with E-state index in [0.717, 1.165) is 12.1 Å². The van der Waals surface area contributed by atoms with Gasteiger partial charge in [0.15, 0.2) is 11.6 Å². The summed E-state index contributed by atoms with van der Waals surface area (Å²) in [6.45, 7) is 7.03. The highest BCUT2D eigenvalue weighted by molar-refractivity contribution is 6.03. The number of aliphatic hydroxyl groups is 1. The van der Waals surface area contributed by atoms with Gasteiger partial charge >= 0.3 is 0 Å². The van der Waals surface area contributed by atoms with Gasteiger partial charge in [0.25, 0.3) is 0 Å². The lowest BCUT2D eigenvalue weighted by Crippen LogP contribution is -2.40. The summed E-state index contributed by atoms with van der Waals surface area (Å²) < 4.78 is 11.9. The number of carbonyl (C=O) groups excluding carboxylic acids is 2. The second-order valence-electron chi connectivity index (χ2n) is 10.6. The Morgan fingerprint density at radius 3 is 2.03 bits per heavy atom. The summed E-state index contributed by atoms with van der Waals surface area (Å²) >= 11 is 0. The van der Waals surface area contributed by atoms with Crippen molar-refractivity contribution < 1.29 is 49.7 Å². The average Bonchev–Trinajstić information content (AvgIpc) is 3.24. The number of hydrogen-bond donors (Lipinski definition) is 6. The molecule has 2 aromatic carbocycles. The van der Waals surface area contributed by atoms with Crippen molar-refractivity contribution in [2.24, 2.45) is 11.8 Å². The number of fused-ring (bicyclic) bond motifs is 3. The molecule has 2 aromatic rings. The molecule has 0 spiro atoms. The van der Waals surface area contributed by atoms with Crippen molar-refractivity contribution in [3.8, 4) is 34.5 Å². The standard InChI is InChI=1S/C27H32O10/c1-11(2)5-15(29)21-17(31)7-14(28)13(25(21)35)9-27-24(20(34)10-36-27)23-19(33)8-18(32)22(26(23)37-27)16(30)6-12(3)4/h7-8,11-12,20,24,28,31-35H,5-6,9-10H2,1-4H3/t20-,24-,27-/m0/s1. The first-order chi connectivity index (χ1) is 17.3. The van der Waals surface area contributed by atoms with Crippen LogP contribution in [0.4, 0.5) is 0 Å². The third-order valence-corrected chi connectivity index (χ3v) is 6.75. The minimum absolute atomic E-state index is 0.0325. The van der Waals surface area contributed by atoms with Crippen molar-refractivity contribution in [3.05, 3.63) is 34.4 Å². The molecular weight excluding hydrogens is 484 g/mol. The zero-order valence-electron chi connectivity index (χ0n) is 21.1. The van der Waals surface area contributed by atoms with Crippen LogP contribution in [0.5, 0.6) is 34.5 Å². The molecule has 2 aliphatic heterocycles. The predicted molar refractivity (Wildman–Crippen MR) is 131 cm³/mol. The number of ether oxygens (including phenoxy) is 2. The van der Waals surface area contributed by atoms with Gasteiger partial charge in [-0.1, -0.05) is 27.7 Å². The number of aliphatic hydroxyl groups excluding tert-OH is 1. The van der Waals surface area contributed by atoms with Crippen LogP contribution in [0.15, 0.2) is 12.1 Å². The molecule has 2 aliphatic rings. The second kappa shape index (κ2) is 9.42. The molecule has 1 fully saturated rings. The van der Waals surface area contributed by atoms with Crippen molar-refractivity contribution in [2.45, 2.75) is 64.8 Å². The minimum Gasteiger partial charge on any atom is -0.507 e. The first-order valence-corrected chi connectivity index (χ1v) is 12.2. The SMILES string of the molecule is CC(C)CC(=O)c1c(O)cc(O)c(C[C@@]23OC[C@H](O)[C@H]2c2c(O)cc(O)c(C(=O)CC(C)C)c2O3)c1O. The summed E-state index contributed by atoms with van der Waals surface area (Å²) in [6, 6.07) is 1.94. The van der Waals surface area contributed by atoms with Crippen LogP contribution in [0.1, 0.15) is 78.3 Å². The zero-order chi connectivity index (χ0) is 27.4. The number of phenols is 5. The number of hydrogen-bond acceptors (Lipinski definition) is 10. The number of phenolic OH excluding ortho intramolecular Hbond substituents is 5. The smallest absolute Gasteiger partial charge is 0.224 e. The van der Waals surface area contributed by atoms with Crippen molar-refractivity contribution in [1.29, 1.82) is 0 Å². The number of aromatic hydroxyl groups is 5. The molecule has 0 bridgehead atoms. The third-order valence-electron chi connectivity index (χ3n) is 6.75. The van der Waals surface area contributed by atoms with Crippen LogP contribution in [0.2, 0.25) is 0 Å². The summed E-state index contributed by atoms with van der Waals surface area (Å²) in [5.41, 5.74) is -0.658. The molecule has 0 aliphatic carbocycles. The van der Waals surface area contributed by atoms with Crippen molar-refractivity contribution in [1.82, 2.24) is 0 Å². The van der Waals surface area contributed by atoms with Gasteiger partial charge in [0.05, 0.1) is 18.6 Å². The van der Waals surface area contributed by atoms with Crippen LogP contribution >= 0.6 is 0 Å². The Morgan fingerprint density at radius 2 is 1.43 bits per heavy atom. The minimum atomic E-state index is -1.80. The van der Waals surface area contributed by atoms with E-state index in [-0.39, 0.29) is 59.3 Å². The molecule has 6 N–H and O–H groups in total. The molecule has 10 heteroatoms. The van der Waals surface area contributed by atoms with Gasteiger partial charge in [-0.05, 0) is 11.8 Å². The van der Waals surface area contributed by atoms with Gasteiger partial charge in [-0.25, -0.2) is 0 Å². The highest BCUT2D eigenvalue weighted by Gasteiger charge is 2.60. The summed E-state index contributed by atoms with van der Waals surface area (Å²) in [5, 5.41) is 63.9. The Hall–Kier alpha value is -3.50. The lowest BCUT2D eigenvalue weighted by atomic mass is 9.84. The number of carbonyl (C=O) groups is 2. The molecular formula is C27H32O10. The summed E-state index contributed by atoms with van der Waals surface area (Å²) in [4.78, 5) is 25.7. The molecule has 200 valence electrons. The normalized spacial score (nSPS) is 22.2. The number of benzene rings is 2. The average molecular weight is 517 g/mol. The Bertz CT molecular complexity index is 1260. The Labute approximate surface area is 213 Å². The van der Waals surface area contributed by atoms with Gasteiger partial charge in [-0.15, -0.1) is 0 Å². The van der Waals surface area contributed by atoms with Gasteiger partial charge in [-0.3, -0.25) is 9.59 Å². The van der Waals surface area contributed by atoms with Crippen molar-refractivity contribution in [3.63, 3.8) is 0 Å². The van der Waals surface area contributed by atoms with E-state index in [0.29, 0.717) is 0 Å². The van der Waals surface area contributed by atoms with Gasteiger partial charge in [-0.2, -0.15) is 0 Å². The van der Waals surface area contributed by atoms with Crippen LogP contribution in [0, 0.1) is 11.8 Å². The summed E-state index contributed by atoms with van der Waals surface area (Å²) in [6.07, 6.45) is -1.50. The van der Waals surface area contributed by atoms with Gasteiger partial charge in [0.2, 0.25) is 5.79 Å². The van der Waals surface area contributed by atoms with Gasteiger partial charge in [0.1, 0.15) is 45.6 Å². The Balaban J connectivity index is 1.84. The zero-order valence-corrected chi connectivity index (χ0v) is 21.1. The van der Waals surface area contributed by atoms with E-state index in [1.165, 1.54) is 0 Å². The van der Waals surface area contributed by atoms with Crippen LogP contribution in [0.3, 0.4) is 0 Å². The number of rotatable bonds is 8. The molecule has 4 rings (SSSR count). The molecule has 0 unspecified atom stereocenters. The fourth-order valence-corrected chi connectivity index (χ4v) is 5.23. The van der Waals surface area contributed by atoms with E-state index in [9.17, 15) is 40.2 Å². The highest BCUT2D eigenvalue weighted by Crippen LogP contribution is 2.59. The molecule has 1 saturated heterocycles. The predicted octanol–water partition coefficient (Wildman–Crippen LogP) is 3.48. The maximum Gasteiger partial charge on any atom is 0.224 e. The van der Waals surface area contributed by atoms with Gasteiger partial charge in [0, 0.05) is 42.5 Å². The lowest BCUT2D eigenvalue weighted by Gasteiger charge is -2.29. The van der Waals surface area contributed by atoms with Crippen LogP contribution in [0.25, 0.3) is 0 Å². The Morgan fingerprint density at radius 1 is 0.892 bits per heavy atom. The van der Waals surface area contributed by atoms with Crippen molar-refractivity contribution in [2.75, 3.05) is 6.61 Å². The maximum atomic E-state index is 13.0. The fraction of sp³-hybridized carbons (Fsp3) is 0.481. The molecule has 37 heavy (non-hydrogen) atoms. The largest absolute Gasteiger partial charge is 0.507 e. The topological polar surface area (TPSA) is 174 Å². The maximum absolute atomic E-state index is 13.0. The number of ketones is 2. The summed E-state index contributed by atoms with van der Waals surface area (Å²) in [5.74, 6) is -6.81. The van der Waals surface area contributed by atoms with Crippen LogP contribution in [-0.4, -0.2) is 60.7 Å². The molecule has 0 amide bonds. The monoisotopic (exact) mass is 516 g/mol. The second-order valence-corrected chi connectivity index (χ2v) is 10.6. The molecule has 0 saturated carbocycles. The van der Waals surface area contributed by atoms with E-state index in [2.05, 4.69) is 0 Å². The van der Waals surface area contributed by atoms with E-state index in [4.69, 9.17) is 9.47 Å². The lowest BCUT2D eigenvalue weighted by molar-refractivity contribution is -0.144. The first-order valence-electron chi connectivity index (χ1n) is 12.2. The molecule has 0 aromatic heterocycles.